The number of rotatable bonds is 6. The summed E-state index contributed by atoms with van der Waals surface area (Å²) in [6.45, 7) is 6.08. The van der Waals surface area contributed by atoms with Crippen LogP contribution in [0.3, 0.4) is 0 Å². The molecule has 8 nitrogen and oxygen atoms in total. The number of hydrogen-bond donors (Lipinski definition) is 2. The Bertz CT molecular complexity index is 1150. The van der Waals surface area contributed by atoms with Crippen LogP contribution in [0, 0.1) is 6.92 Å². The van der Waals surface area contributed by atoms with Gasteiger partial charge in [0, 0.05) is 30.5 Å². The van der Waals surface area contributed by atoms with Gasteiger partial charge in [-0.05, 0) is 44.2 Å². The van der Waals surface area contributed by atoms with Gasteiger partial charge in [-0.25, -0.2) is 10.4 Å². The third kappa shape index (κ3) is 6.19. The second kappa shape index (κ2) is 10.0. The number of aryl methyl sites for hydroxylation is 1. The van der Waals surface area contributed by atoms with Crippen molar-refractivity contribution in [1.29, 1.82) is 0 Å². The fourth-order valence-electron chi connectivity index (χ4n) is 3.44. The summed E-state index contributed by atoms with van der Waals surface area (Å²) in [5, 5.41) is 7.07. The Labute approximate surface area is 194 Å². The van der Waals surface area contributed by atoms with Crippen LogP contribution in [0.4, 0.5) is 36.3 Å². The van der Waals surface area contributed by atoms with E-state index in [0.29, 0.717) is 29.6 Å². The molecule has 0 radical (unpaired) electrons. The lowest BCUT2D eigenvalue weighted by atomic mass is 10.2. The quantitative estimate of drug-likeness (QED) is 0.401. The number of benzene rings is 1. The van der Waals surface area contributed by atoms with Crippen molar-refractivity contribution in [2.75, 3.05) is 35.3 Å². The van der Waals surface area contributed by atoms with E-state index in [4.69, 9.17) is 4.74 Å². The molecule has 3 heterocycles. The second-order valence-corrected chi connectivity index (χ2v) is 7.86. The summed E-state index contributed by atoms with van der Waals surface area (Å²) in [7, 11) is 0. The molecule has 1 aliphatic heterocycles. The number of aromatic nitrogens is 3. The standard InChI is InChI=1S/C23H24F3N7O/c1-15-10-21(33-8-9-34-16(2)14-33)31-22(29-15)32-28-13-19-6-7-20(12-27-19)30-18-5-3-4-17(11-18)23(24,25)26/h3-7,10-13,16,30H,8-9,14H2,1-2H3,(H,29,31,32)/b28-13+. The Hall–Kier alpha value is -3.73. The molecular weight excluding hydrogens is 447 g/mol. The van der Waals surface area contributed by atoms with Crippen LogP contribution < -0.4 is 15.6 Å². The van der Waals surface area contributed by atoms with Crippen LogP contribution in [0.15, 0.2) is 53.8 Å². The van der Waals surface area contributed by atoms with Gasteiger partial charge in [0.2, 0.25) is 5.95 Å². The molecule has 1 atom stereocenters. The van der Waals surface area contributed by atoms with E-state index in [0.717, 1.165) is 36.7 Å². The molecule has 0 bridgehead atoms. The largest absolute Gasteiger partial charge is 0.416 e. The number of nitrogens with zero attached hydrogens (tertiary/aromatic N) is 5. The molecule has 2 N–H and O–H groups in total. The monoisotopic (exact) mass is 471 g/mol. The smallest absolute Gasteiger partial charge is 0.375 e. The van der Waals surface area contributed by atoms with Gasteiger partial charge in [-0.2, -0.15) is 23.3 Å². The number of morpholine rings is 1. The molecule has 178 valence electrons. The highest BCUT2D eigenvalue weighted by Gasteiger charge is 2.30. The minimum absolute atomic E-state index is 0.135. The van der Waals surface area contributed by atoms with Crippen molar-refractivity contribution in [3.63, 3.8) is 0 Å². The van der Waals surface area contributed by atoms with E-state index < -0.39 is 11.7 Å². The summed E-state index contributed by atoms with van der Waals surface area (Å²) in [6.07, 6.45) is -1.24. The van der Waals surface area contributed by atoms with Crippen molar-refractivity contribution in [3.8, 4) is 0 Å². The molecule has 4 rings (SSSR count). The van der Waals surface area contributed by atoms with Gasteiger partial charge in [-0.3, -0.25) is 4.98 Å². The van der Waals surface area contributed by atoms with Crippen LogP contribution in [-0.4, -0.2) is 47.0 Å². The first-order chi connectivity index (χ1) is 16.3. The maximum atomic E-state index is 12.9. The van der Waals surface area contributed by atoms with E-state index in [-0.39, 0.29) is 6.10 Å². The SMILES string of the molecule is Cc1cc(N2CCOC(C)C2)nc(N/N=C/c2ccc(Nc3cccc(C(F)(F)F)c3)cn2)n1. The van der Waals surface area contributed by atoms with Gasteiger partial charge in [-0.15, -0.1) is 0 Å². The maximum absolute atomic E-state index is 12.9. The molecule has 0 saturated carbocycles. The second-order valence-electron chi connectivity index (χ2n) is 7.86. The van der Waals surface area contributed by atoms with E-state index >= 15 is 0 Å². The van der Waals surface area contributed by atoms with E-state index in [1.165, 1.54) is 18.5 Å². The highest BCUT2D eigenvalue weighted by atomic mass is 19.4. The third-order valence-corrected chi connectivity index (χ3v) is 5.03. The van der Waals surface area contributed by atoms with Gasteiger partial charge in [-0.1, -0.05) is 6.07 Å². The zero-order valence-electron chi connectivity index (χ0n) is 18.7. The number of ether oxygens (including phenoxy) is 1. The molecule has 1 aromatic carbocycles. The van der Waals surface area contributed by atoms with E-state index in [1.807, 2.05) is 19.9 Å². The average molecular weight is 471 g/mol. The van der Waals surface area contributed by atoms with Gasteiger partial charge < -0.3 is 15.0 Å². The number of halogens is 3. The average Bonchev–Trinajstić information content (AvgIpc) is 2.80. The summed E-state index contributed by atoms with van der Waals surface area (Å²) < 4.78 is 44.2. The van der Waals surface area contributed by atoms with Crippen molar-refractivity contribution in [2.24, 2.45) is 5.10 Å². The lowest BCUT2D eigenvalue weighted by Gasteiger charge is -2.32. The maximum Gasteiger partial charge on any atom is 0.416 e. The fourth-order valence-corrected chi connectivity index (χ4v) is 3.44. The molecule has 34 heavy (non-hydrogen) atoms. The lowest BCUT2D eigenvalue weighted by Crippen LogP contribution is -2.41. The van der Waals surface area contributed by atoms with Crippen LogP contribution in [0.2, 0.25) is 0 Å². The topological polar surface area (TPSA) is 87.6 Å². The Morgan fingerprint density at radius 3 is 2.74 bits per heavy atom. The molecular formula is C23H24F3N7O. The normalized spacial score (nSPS) is 16.6. The van der Waals surface area contributed by atoms with Gasteiger partial charge in [0.15, 0.2) is 0 Å². The summed E-state index contributed by atoms with van der Waals surface area (Å²) in [4.78, 5) is 15.3. The number of alkyl halides is 3. The molecule has 2 aromatic heterocycles. The molecule has 1 aliphatic rings. The van der Waals surface area contributed by atoms with E-state index in [2.05, 4.69) is 35.7 Å². The first-order valence-corrected chi connectivity index (χ1v) is 10.7. The Balaban J connectivity index is 1.38. The summed E-state index contributed by atoms with van der Waals surface area (Å²) >= 11 is 0. The first-order valence-electron chi connectivity index (χ1n) is 10.7. The van der Waals surface area contributed by atoms with Crippen LogP contribution in [0.1, 0.15) is 23.9 Å². The molecule has 1 fully saturated rings. The third-order valence-electron chi connectivity index (χ3n) is 5.03. The van der Waals surface area contributed by atoms with Crippen molar-refractivity contribution >= 4 is 29.4 Å². The molecule has 1 saturated heterocycles. The number of hydrogen-bond acceptors (Lipinski definition) is 8. The Kier molecular flexibility index (Phi) is 6.92. The minimum Gasteiger partial charge on any atom is -0.375 e. The molecule has 0 amide bonds. The van der Waals surface area contributed by atoms with Gasteiger partial charge in [0.05, 0.1) is 42.1 Å². The lowest BCUT2D eigenvalue weighted by molar-refractivity contribution is -0.137. The van der Waals surface area contributed by atoms with Crippen LogP contribution >= 0.6 is 0 Å². The summed E-state index contributed by atoms with van der Waals surface area (Å²) in [5.41, 5.74) is 4.34. The number of hydrazone groups is 1. The van der Waals surface area contributed by atoms with Crippen molar-refractivity contribution in [2.45, 2.75) is 26.1 Å². The Morgan fingerprint density at radius 1 is 1.15 bits per heavy atom. The molecule has 3 aromatic rings. The summed E-state index contributed by atoms with van der Waals surface area (Å²) in [6, 6.07) is 10.3. The zero-order chi connectivity index (χ0) is 24.1. The Morgan fingerprint density at radius 2 is 2.00 bits per heavy atom. The van der Waals surface area contributed by atoms with Crippen molar-refractivity contribution < 1.29 is 17.9 Å². The number of nitrogens with one attached hydrogen (secondary N) is 2. The van der Waals surface area contributed by atoms with E-state index in [1.54, 1.807) is 18.2 Å². The van der Waals surface area contributed by atoms with Crippen LogP contribution in [0.5, 0.6) is 0 Å². The molecule has 11 heteroatoms. The van der Waals surface area contributed by atoms with Gasteiger partial charge >= 0.3 is 6.18 Å². The van der Waals surface area contributed by atoms with Crippen molar-refractivity contribution in [1.82, 2.24) is 15.0 Å². The highest BCUT2D eigenvalue weighted by Crippen LogP contribution is 2.31. The number of anilines is 4. The molecule has 1 unspecified atom stereocenters. The summed E-state index contributed by atoms with van der Waals surface area (Å²) in [5.74, 6) is 1.18. The predicted molar refractivity (Wildman–Crippen MR) is 125 cm³/mol. The highest BCUT2D eigenvalue weighted by molar-refractivity contribution is 5.78. The predicted octanol–water partition coefficient (Wildman–Crippen LogP) is 4.61. The van der Waals surface area contributed by atoms with Gasteiger partial charge in [0.1, 0.15) is 5.82 Å². The zero-order valence-corrected chi connectivity index (χ0v) is 18.7. The van der Waals surface area contributed by atoms with Crippen molar-refractivity contribution in [3.05, 3.63) is 65.6 Å². The molecule has 0 spiro atoms. The number of pyridine rings is 1. The van der Waals surface area contributed by atoms with Crippen LogP contribution in [0.25, 0.3) is 0 Å². The molecule has 0 aliphatic carbocycles. The first kappa shape index (κ1) is 23.4. The van der Waals surface area contributed by atoms with Crippen LogP contribution in [-0.2, 0) is 10.9 Å². The van der Waals surface area contributed by atoms with E-state index in [9.17, 15) is 13.2 Å². The minimum atomic E-state index is -4.40. The van der Waals surface area contributed by atoms with Gasteiger partial charge in [0.25, 0.3) is 0 Å². The fraction of sp³-hybridized carbons (Fsp3) is 0.304.